The van der Waals surface area contributed by atoms with Crippen molar-refractivity contribution in [3.8, 4) is 5.75 Å². The molecule has 0 aliphatic rings. The fourth-order valence-corrected chi connectivity index (χ4v) is 2.69. The second-order valence-electron chi connectivity index (χ2n) is 5.42. The molecule has 0 radical (unpaired) electrons. The number of rotatable bonds is 5. The average molecular weight is 433 g/mol. The Balaban J connectivity index is 0.00000280. The number of fused-ring (bicyclic) bond motifs is 3. The van der Waals surface area contributed by atoms with Crippen molar-refractivity contribution in [3.05, 3.63) is 47.3 Å². The van der Waals surface area contributed by atoms with Crippen LogP contribution in [0.15, 0.2) is 51.1 Å². The molecule has 0 saturated carbocycles. The van der Waals surface area contributed by atoms with E-state index < -0.39 is 12.5 Å². The number of halogens is 3. The van der Waals surface area contributed by atoms with Gasteiger partial charge in [0.25, 0.3) is 5.91 Å². The molecule has 1 aromatic carbocycles. The maximum Gasteiger partial charge on any atom is 1.00 e. The Bertz CT molecular complexity index is 1120. The molecule has 2 heterocycles. The van der Waals surface area contributed by atoms with E-state index in [0.717, 1.165) is 6.20 Å². The minimum atomic E-state index is -3.07. The molecular weight excluding hydrogens is 421 g/mol. The summed E-state index contributed by atoms with van der Waals surface area (Å²) in [6, 6.07) is 2.48. The summed E-state index contributed by atoms with van der Waals surface area (Å²) < 4.78 is 35.2. The topological polar surface area (TPSA) is 105 Å². The van der Waals surface area contributed by atoms with Gasteiger partial charge in [-0.15, -0.1) is 0 Å². The van der Waals surface area contributed by atoms with Crippen LogP contribution in [0.1, 0.15) is 17.3 Å². The van der Waals surface area contributed by atoms with Gasteiger partial charge in [-0.05, 0) is 24.6 Å². The van der Waals surface area contributed by atoms with E-state index in [0.29, 0.717) is 11.0 Å². The number of nitrogens with zero attached hydrogens (tertiary/aromatic N) is 3. The third-order valence-corrected chi connectivity index (χ3v) is 3.90. The molecule has 3 aromatic rings. The van der Waals surface area contributed by atoms with Gasteiger partial charge in [-0.25, -0.2) is 4.99 Å². The van der Waals surface area contributed by atoms with Crippen LogP contribution in [-0.2, 0) is 0 Å². The van der Waals surface area contributed by atoms with Crippen LogP contribution >= 0.6 is 11.6 Å². The smallest absolute Gasteiger partial charge is 0.544 e. The monoisotopic (exact) mass is 432 g/mol. The van der Waals surface area contributed by atoms with Crippen LogP contribution in [0.4, 0.5) is 8.78 Å². The number of hydrogen-bond donors (Lipinski definition) is 1. The van der Waals surface area contributed by atoms with Gasteiger partial charge in [-0.1, -0.05) is 18.2 Å². The van der Waals surface area contributed by atoms with Crippen LogP contribution in [0.25, 0.3) is 22.1 Å². The molecule has 0 spiro atoms. The van der Waals surface area contributed by atoms with Crippen molar-refractivity contribution in [2.75, 3.05) is 0 Å². The summed E-state index contributed by atoms with van der Waals surface area (Å²) in [6.45, 7) is 2.24. The first-order chi connectivity index (χ1) is 12.8. The summed E-state index contributed by atoms with van der Waals surface area (Å²) in [5.74, 6) is -0.941. The molecule has 0 aliphatic carbocycles. The first kappa shape index (κ1) is 22.7. The van der Waals surface area contributed by atoms with E-state index in [1.807, 2.05) is 0 Å². The summed E-state index contributed by atoms with van der Waals surface area (Å²) in [4.78, 5) is 16.7. The van der Waals surface area contributed by atoms with E-state index in [9.17, 15) is 13.6 Å². The Morgan fingerprint density at radius 1 is 1.50 bits per heavy atom. The number of alkyl halides is 2. The second kappa shape index (κ2) is 9.29. The van der Waals surface area contributed by atoms with E-state index in [1.54, 1.807) is 6.92 Å². The van der Waals surface area contributed by atoms with Crippen molar-refractivity contribution in [2.45, 2.75) is 13.5 Å². The van der Waals surface area contributed by atoms with Crippen LogP contribution < -0.4 is 67.0 Å². The van der Waals surface area contributed by atoms with Crippen LogP contribution in [0.5, 0.6) is 5.75 Å². The van der Waals surface area contributed by atoms with Crippen LogP contribution in [-0.4, -0.2) is 23.3 Å². The number of aromatic nitrogens is 2. The molecule has 0 aliphatic heterocycles. The van der Waals surface area contributed by atoms with E-state index in [2.05, 4.69) is 26.5 Å². The molecule has 0 atom stereocenters. The molecule has 11 heteroatoms. The zero-order valence-corrected chi connectivity index (χ0v) is 18.8. The summed E-state index contributed by atoms with van der Waals surface area (Å²) >= 11 is 5.97. The van der Waals surface area contributed by atoms with E-state index in [1.165, 1.54) is 18.3 Å². The van der Waals surface area contributed by atoms with E-state index in [4.69, 9.17) is 21.8 Å². The van der Waals surface area contributed by atoms with Crippen molar-refractivity contribution in [1.82, 2.24) is 10.2 Å². The molecule has 1 amide bonds. The zero-order chi connectivity index (χ0) is 19.7. The minimum Gasteiger partial charge on any atom is -0.544 e. The van der Waals surface area contributed by atoms with Gasteiger partial charge >= 0.3 is 58.0 Å². The van der Waals surface area contributed by atoms with Crippen LogP contribution in [0.2, 0.25) is 0 Å². The number of carbonyl (C=O) groups excluding carboxylic acids is 1. The SMILES string of the molecule is C=C(C)C(=NC(=O)c1ccc(OC(F)F)c2oc3[n-]ncc3c12)/C(Cl)=C/N.[K+]. The second-order valence-corrected chi connectivity index (χ2v) is 5.83. The maximum atomic E-state index is 12.8. The first-order valence-corrected chi connectivity index (χ1v) is 7.86. The number of aliphatic imine (C=N–C) groups is 1. The van der Waals surface area contributed by atoms with Crippen molar-refractivity contribution < 1.29 is 74.1 Å². The Kier molecular flexibility index (Phi) is 7.54. The Morgan fingerprint density at radius 2 is 2.21 bits per heavy atom. The molecule has 0 bridgehead atoms. The third-order valence-electron chi connectivity index (χ3n) is 3.59. The fourth-order valence-electron chi connectivity index (χ4n) is 2.48. The van der Waals surface area contributed by atoms with Gasteiger partial charge in [0.1, 0.15) is 0 Å². The fraction of sp³-hybridized carbons (Fsp3) is 0.118. The summed E-state index contributed by atoms with van der Waals surface area (Å²) in [7, 11) is 0. The maximum absolute atomic E-state index is 12.8. The molecule has 140 valence electrons. The largest absolute Gasteiger partial charge is 1.00 e. The third kappa shape index (κ3) is 4.37. The number of furan rings is 1. The van der Waals surface area contributed by atoms with E-state index in [-0.39, 0.29) is 90.1 Å². The summed E-state index contributed by atoms with van der Waals surface area (Å²) in [5.41, 5.74) is 5.98. The van der Waals surface area contributed by atoms with Crippen molar-refractivity contribution >= 4 is 45.3 Å². The number of hydrogen-bond acceptors (Lipinski definition) is 5. The quantitative estimate of drug-likeness (QED) is 0.471. The van der Waals surface area contributed by atoms with Crippen molar-refractivity contribution in [2.24, 2.45) is 10.7 Å². The van der Waals surface area contributed by atoms with Gasteiger partial charge < -0.3 is 25.1 Å². The summed E-state index contributed by atoms with van der Waals surface area (Å²) in [6.07, 6.45) is 2.43. The number of nitrogens with two attached hydrogens (primary N) is 1. The molecule has 0 unspecified atom stereocenters. The van der Waals surface area contributed by atoms with Gasteiger partial charge in [0.2, 0.25) is 0 Å². The predicted octanol–water partition coefficient (Wildman–Crippen LogP) is 0.740. The normalized spacial score (nSPS) is 12.5. The molecule has 0 fully saturated rings. The molecule has 2 N–H and O–H groups in total. The average Bonchev–Trinajstić information content (AvgIpc) is 3.20. The van der Waals surface area contributed by atoms with Gasteiger partial charge in [-0.2, -0.15) is 8.78 Å². The van der Waals surface area contributed by atoms with Crippen molar-refractivity contribution in [1.29, 1.82) is 0 Å². The number of amides is 1. The predicted molar refractivity (Wildman–Crippen MR) is 96.2 cm³/mol. The molecule has 7 nitrogen and oxygen atoms in total. The number of ether oxygens (including phenoxy) is 1. The molecule has 2 aromatic heterocycles. The molecular formula is C17H12ClF2KN4O3. The van der Waals surface area contributed by atoms with Gasteiger partial charge in [0.15, 0.2) is 11.3 Å². The number of benzene rings is 1. The number of carbonyl (C=O) groups is 1. The van der Waals surface area contributed by atoms with Crippen molar-refractivity contribution in [3.63, 3.8) is 0 Å². The zero-order valence-electron chi connectivity index (χ0n) is 14.9. The standard InChI is InChI=1S/C17H13ClF2N4O3.K/c1-7(2)13(10(18)5-21)23-15(25)8-3-4-11(26-17(19)20)14-12(8)9-6-22-24-16(9)27-14;/h3-6,17H,1H2,2H3,(H3,21,22,23,24,25);/q;+1/p-1. The molecule has 3 rings (SSSR count). The van der Waals surface area contributed by atoms with Gasteiger partial charge in [-0.3, -0.25) is 4.79 Å². The Morgan fingerprint density at radius 3 is 2.82 bits per heavy atom. The van der Waals surface area contributed by atoms with Crippen LogP contribution in [0.3, 0.4) is 0 Å². The molecule has 28 heavy (non-hydrogen) atoms. The Labute approximate surface area is 205 Å². The molecule has 0 saturated heterocycles. The first-order valence-electron chi connectivity index (χ1n) is 7.48. The Hall–Kier alpha value is -1.56. The van der Waals surface area contributed by atoms with Crippen LogP contribution in [0, 0.1) is 0 Å². The summed E-state index contributed by atoms with van der Waals surface area (Å²) in [5, 5.41) is 8.04. The van der Waals surface area contributed by atoms with E-state index >= 15 is 0 Å². The van der Waals surface area contributed by atoms with Gasteiger partial charge in [0.05, 0.1) is 16.3 Å². The van der Waals surface area contributed by atoms with Gasteiger partial charge in [0, 0.05) is 28.9 Å². The minimum absolute atomic E-state index is 0. The number of allylic oxidation sites excluding steroid dienone is 2.